The Morgan fingerprint density at radius 1 is 1.04 bits per heavy atom. The van der Waals surface area contributed by atoms with Gasteiger partial charge in [0, 0.05) is 0 Å². The summed E-state index contributed by atoms with van der Waals surface area (Å²) in [6.45, 7) is 4.31. The van der Waals surface area contributed by atoms with Gasteiger partial charge in [0.25, 0.3) is 0 Å². The van der Waals surface area contributed by atoms with Gasteiger partial charge in [0.1, 0.15) is 17.9 Å². The maximum Gasteiger partial charge on any atom is 0.342 e. The Hall–Kier alpha value is -2.82. The van der Waals surface area contributed by atoms with Gasteiger partial charge in [-0.15, -0.1) is 0 Å². The van der Waals surface area contributed by atoms with E-state index in [9.17, 15) is 9.59 Å². The van der Waals surface area contributed by atoms with E-state index in [-0.39, 0.29) is 12.2 Å². The molecule has 2 aromatic carbocycles. The largest absolute Gasteiger partial charge is 0.493 e. The Morgan fingerprint density at radius 3 is 2.50 bits per heavy atom. The molecule has 5 nitrogen and oxygen atoms in total. The highest BCUT2D eigenvalue weighted by atomic mass is 16.5. The molecule has 0 spiro atoms. The van der Waals surface area contributed by atoms with E-state index in [2.05, 4.69) is 4.74 Å². The minimum Gasteiger partial charge on any atom is -0.493 e. The Morgan fingerprint density at radius 2 is 1.83 bits per heavy atom. The number of aryl methyl sites for hydroxylation is 1. The highest BCUT2D eigenvalue weighted by Crippen LogP contribution is 2.23. The molecular formula is C19H20O5. The number of carbonyl (C=O) groups excluding carboxylic acids is 2. The summed E-state index contributed by atoms with van der Waals surface area (Å²) in [6.07, 6.45) is 0. The van der Waals surface area contributed by atoms with Crippen molar-refractivity contribution in [2.24, 2.45) is 0 Å². The number of hydrogen-bond donors (Lipinski definition) is 0. The number of methoxy groups -OCH3 is 1. The van der Waals surface area contributed by atoms with Gasteiger partial charge >= 0.3 is 11.9 Å². The molecular weight excluding hydrogens is 308 g/mol. The van der Waals surface area contributed by atoms with E-state index in [1.807, 2.05) is 31.2 Å². The Balaban J connectivity index is 2.16. The first-order valence-corrected chi connectivity index (χ1v) is 7.63. The molecule has 0 aliphatic carbocycles. The molecule has 0 radical (unpaired) electrons. The average Bonchev–Trinajstić information content (AvgIpc) is 2.59. The number of esters is 2. The molecule has 2 rings (SSSR count). The Labute approximate surface area is 141 Å². The van der Waals surface area contributed by atoms with Crippen molar-refractivity contribution in [2.75, 3.05) is 13.7 Å². The lowest BCUT2D eigenvalue weighted by atomic mass is 10.1. The summed E-state index contributed by atoms with van der Waals surface area (Å²) in [5.74, 6) is -0.693. The maximum absolute atomic E-state index is 12.3. The van der Waals surface area contributed by atoms with Gasteiger partial charge in [-0.25, -0.2) is 9.59 Å². The van der Waals surface area contributed by atoms with E-state index in [1.54, 1.807) is 6.92 Å². The topological polar surface area (TPSA) is 61.8 Å². The monoisotopic (exact) mass is 328 g/mol. The van der Waals surface area contributed by atoms with E-state index in [1.165, 1.54) is 25.3 Å². The van der Waals surface area contributed by atoms with E-state index in [4.69, 9.17) is 9.47 Å². The van der Waals surface area contributed by atoms with Gasteiger partial charge in [0.05, 0.1) is 19.3 Å². The fourth-order valence-corrected chi connectivity index (χ4v) is 2.24. The lowest BCUT2D eigenvalue weighted by Gasteiger charge is -2.11. The van der Waals surface area contributed by atoms with Crippen LogP contribution >= 0.6 is 0 Å². The van der Waals surface area contributed by atoms with Crippen LogP contribution in [-0.4, -0.2) is 25.7 Å². The molecule has 0 saturated carbocycles. The first-order valence-electron chi connectivity index (χ1n) is 7.63. The fraction of sp³-hybridized carbons (Fsp3) is 0.263. The molecule has 0 N–H and O–H groups in total. The highest BCUT2D eigenvalue weighted by molar-refractivity contribution is 5.96. The van der Waals surface area contributed by atoms with Crippen LogP contribution in [0.5, 0.6) is 5.75 Å². The standard InChI is InChI=1S/C19H20O5/c1-4-23-17-11-15(18(20)22-3)8-9-16(17)19(21)24-12-14-7-5-6-13(2)10-14/h5-11H,4,12H2,1-3H3. The molecule has 0 aliphatic heterocycles. The number of ether oxygens (including phenoxy) is 3. The predicted molar refractivity (Wildman–Crippen MR) is 89.2 cm³/mol. The number of rotatable bonds is 6. The third-order valence-electron chi connectivity index (χ3n) is 3.37. The van der Waals surface area contributed by atoms with Gasteiger partial charge in [-0.2, -0.15) is 0 Å². The van der Waals surface area contributed by atoms with Gasteiger partial charge < -0.3 is 14.2 Å². The number of hydrogen-bond acceptors (Lipinski definition) is 5. The van der Waals surface area contributed by atoms with E-state index in [0.717, 1.165) is 11.1 Å². The lowest BCUT2D eigenvalue weighted by Crippen LogP contribution is -2.10. The quantitative estimate of drug-likeness (QED) is 0.759. The Kier molecular flexibility index (Phi) is 5.95. The predicted octanol–water partition coefficient (Wildman–Crippen LogP) is 3.54. The molecule has 0 heterocycles. The maximum atomic E-state index is 12.3. The van der Waals surface area contributed by atoms with Gasteiger partial charge in [0.2, 0.25) is 0 Å². The van der Waals surface area contributed by atoms with Crippen LogP contribution in [0.3, 0.4) is 0 Å². The van der Waals surface area contributed by atoms with Crippen LogP contribution in [0.15, 0.2) is 42.5 Å². The van der Waals surface area contributed by atoms with Crippen LogP contribution in [0.25, 0.3) is 0 Å². The van der Waals surface area contributed by atoms with Crippen LogP contribution in [-0.2, 0) is 16.1 Å². The van der Waals surface area contributed by atoms with Crippen LogP contribution in [0.2, 0.25) is 0 Å². The zero-order valence-electron chi connectivity index (χ0n) is 14.0. The second-order valence-corrected chi connectivity index (χ2v) is 5.20. The molecule has 0 atom stereocenters. The molecule has 0 unspecified atom stereocenters. The summed E-state index contributed by atoms with van der Waals surface area (Å²) < 4.78 is 15.5. The lowest BCUT2D eigenvalue weighted by molar-refractivity contribution is 0.0466. The Bertz CT molecular complexity index is 736. The van der Waals surface area contributed by atoms with Crippen molar-refractivity contribution in [3.05, 3.63) is 64.7 Å². The molecule has 2 aromatic rings. The molecule has 126 valence electrons. The summed E-state index contributed by atoms with van der Waals surface area (Å²) in [4.78, 5) is 23.9. The molecule has 0 aromatic heterocycles. The molecule has 0 bridgehead atoms. The highest BCUT2D eigenvalue weighted by Gasteiger charge is 2.17. The summed E-state index contributed by atoms with van der Waals surface area (Å²) in [7, 11) is 1.30. The van der Waals surface area contributed by atoms with Crippen LogP contribution in [0.1, 0.15) is 38.8 Å². The number of benzene rings is 2. The van der Waals surface area contributed by atoms with Crippen molar-refractivity contribution in [1.29, 1.82) is 0 Å². The summed E-state index contributed by atoms with van der Waals surface area (Å²) in [5.41, 5.74) is 2.60. The van der Waals surface area contributed by atoms with Crippen molar-refractivity contribution in [2.45, 2.75) is 20.5 Å². The van der Waals surface area contributed by atoms with Gasteiger partial charge in [-0.3, -0.25) is 0 Å². The molecule has 0 aliphatic rings. The normalized spacial score (nSPS) is 10.1. The van der Waals surface area contributed by atoms with Crippen molar-refractivity contribution in [3.63, 3.8) is 0 Å². The molecule has 5 heteroatoms. The van der Waals surface area contributed by atoms with Gasteiger partial charge in [-0.1, -0.05) is 29.8 Å². The van der Waals surface area contributed by atoms with Crippen molar-refractivity contribution >= 4 is 11.9 Å². The second-order valence-electron chi connectivity index (χ2n) is 5.20. The van der Waals surface area contributed by atoms with Crippen molar-refractivity contribution in [1.82, 2.24) is 0 Å². The van der Waals surface area contributed by atoms with Gasteiger partial charge in [-0.05, 0) is 37.6 Å². The fourth-order valence-electron chi connectivity index (χ4n) is 2.24. The SMILES string of the molecule is CCOc1cc(C(=O)OC)ccc1C(=O)OCc1cccc(C)c1. The third-order valence-corrected chi connectivity index (χ3v) is 3.37. The first kappa shape index (κ1) is 17.5. The van der Waals surface area contributed by atoms with Crippen LogP contribution in [0, 0.1) is 6.92 Å². The van der Waals surface area contributed by atoms with Crippen LogP contribution in [0.4, 0.5) is 0 Å². The minimum atomic E-state index is -0.503. The molecule has 24 heavy (non-hydrogen) atoms. The summed E-state index contributed by atoms with van der Waals surface area (Å²) in [6, 6.07) is 12.2. The van der Waals surface area contributed by atoms with E-state index in [0.29, 0.717) is 17.9 Å². The van der Waals surface area contributed by atoms with E-state index >= 15 is 0 Å². The van der Waals surface area contributed by atoms with Gasteiger partial charge in [0.15, 0.2) is 0 Å². The zero-order chi connectivity index (χ0) is 17.5. The number of carbonyl (C=O) groups is 2. The zero-order valence-corrected chi connectivity index (χ0v) is 14.0. The smallest absolute Gasteiger partial charge is 0.342 e. The first-order chi connectivity index (χ1) is 11.5. The average molecular weight is 328 g/mol. The van der Waals surface area contributed by atoms with Crippen molar-refractivity contribution < 1.29 is 23.8 Å². The van der Waals surface area contributed by atoms with Crippen molar-refractivity contribution in [3.8, 4) is 5.75 Å². The summed E-state index contributed by atoms with van der Waals surface area (Å²) in [5, 5.41) is 0. The van der Waals surface area contributed by atoms with Crippen LogP contribution < -0.4 is 4.74 Å². The third kappa shape index (κ3) is 4.35. The molecule has 0 saturated heterocycles. The molecule has 0 amide bonds. The van der Waals surface area contributed by atoms with E-state index < -0.39 is 11.9 Å². The second kappa shape index (κ2) is 8.15. The minimum absolute atomic E-state index is 0.171. The summed E-state index contributed by atoms with van der Waals surface area (Å²) >= 11 is 0. The molecule has 0 fully saturated rings.